The molecule has 0 aliphatic carbocycles. The van der Waals surface area contributed by atoms with Crippen molar-refractivity contribution in [1.82, 2.24) is 10.6 Å². The Morgan fingerprint density at radius 3 is 2.30 bits per heavy atom. The second kappa shape index (κ2) is 8.42. The fourth-order valence-electron chi connectivity index (χ4n) is 1.68. The summed E-state index contributed by atoms with van der Waals surface area (Å²) in [5.74, 6) is -1.52. The molecule has 3 amide bonds. The van der Waals surface area contributed by atoms with E-state index in [1.165, 1.54) is 19.2 Å². The minimum absolute atomic E-state index is 0.125. The van der Waals surface area contributed by atoms with Gasteiger partial charge in [0.1, 0.15) is 0 Å². The van der Waals surface area contributed by atoms with Gasteiger partial charge in [-0.25, -0.2) is 9.59 Å². The van der Waals surface area contributed by atoms with Gasteiger partial charge in [0, 0.05) is 12.3 Å². The number of hydrogen-bond donors (Lipinski definition) is 2. The Hall–Kier alpha value is -2.22. The Morgan fingerprint density at radius 1 is 1.13 bits per heavy atom. The Kier molecular flexibility index (Phi) is 6.89. The molecule has 2 N–H and O–H groups in total. The maximum Gasteiger partial charge on any atom is 0.340 e. The Balaban J connectivity index is 2.72. The average molecular weight is 340 g/mol. The van der Waals surface area contributed by atoms with Crippen LogP contribution in [0.3, 0.4) is 0 Å². The summed E-state index contributed by atoms with van der Waals surface area (Å²) in [6.07, 6.45) is 0.275. The number of rotatable bonds is 5. The van der Waals surface area contributed by atoms with Gasteiger partial charge in [-0.05, 0) is 32.9 Å². The van der Waals surface area contributed by atoms with Crippen molar-refractivity contribution in [3.63, 3.8) is 0 Å². The van der Waals surface area contributed by atoms with Crippen molar-refractivity contribution >= 4 is 28.7 Å². The molecule has 0 aliphatic rings. The molecule has 126 valence electrons. The maximum absolute atomic E-state index is 12.1. The molecule has 1 aromatic carbocycles. The second-order valence-electron chi connectivity index (χ2n) is 5.12. The van der Waals surface area contributed by atoms with Gasteiger partial charge in [0.15, 0.2) is 6.10 Å². The molecular weight excluding hydrogens is 320 g/mol. The van der Waals surface area contributed by atoms with Gasteiger partial charge in [-0.3, -0.25) is 14.3 Å². The fraction of sp³-hybridized carbons (Fsp3) is 0.400. The maximum atomic E-state index is 12.1. The van der Waals surface area contributed by atoms with Crippen molar-refractivity contribution in [2.45, 2.75) is 37.8 Å². The predicted octanol–water partition coefficient (Wildman–Crippen LogP) is 1.20. The summed E-state index contributed by atoms with van der Waals surface area (Å²) in [6.45, 7) is 4.84. The van der Waals surface area contributed by atoms with E-state index in [1.807, 2.05) is 0 Å². The molecule has 0 aromatic heterocycles. The van der Waals surface area contributed by atoms with Crippen LogP contribution in [0.1, 0.15) is 31.1 Å². The van der Waals surface area contributed by atoms with Gasteiger partial charge in [-0.1, -0.05) is 12.1 Å². The van der Waals surface area contributed by atoms with Crippen molar-refractivity contribution in [2.24, 2.45) is 0 Å². The van der Waals surface area contributed by atoms with Crippen LogP contribution in [0.2, 0.25) is 0 Å². The van der Waals surface area contributed by atoms with E-state index >= 15 is 0 Å². The monoisotopic (exact) mass is 340 g/mol. The van der Waals surface area contributed by atoms with Gasteiger partial charge in [-0.15, -0.1) is 0 Å². The topological polar surface area (TPSA) is 102 Å². The standard InChI is InChI=1S/C15H20N2O5S/c1-9(2)16-15(20)17-13(18)10(3)22-14(19)11-7-5-6-8-12(11)23(4)21/h5-10H,1-4H3,(H2,16,17,18,20)/t10-,23+/m1/s1. The second-order valence-corrected chi connectivity index (χ2v) is 6.46. The van der Waals surface area contributed by atoms with E-state index in [1.54, 1.807) is 32.0 Å². The first-order chi connectivity index (χ1) is 10.7. The smallest absolute Gasteiger partial charge is 0.340 e. The van der Waals surface area contributed by atoms with Crippen molar-refractivity contribution in [3.8, 4) is 0 Å². The number of amides is 3. The summed E-state index contributed by atoms with van der Waals surface area (Å²) < 4.78 is 16.6. The van der Waals surface area contributed by atoms with Gasteiger partial charge in [-0.2, -0.15) is 0 Å². The Bertz CT molecular complexity index is 630. The third-order valence-electron chi connectivity index (χ3n) is 2.73. The van der Waals surface area contributed by atoms with Crippen LogP contribution in [0.25, 0.3) is 0 Å². The molecular formula is C15H20N2O5S. The highest BCUT2D eigenvalue weighted by Gasteiger charge is 2.23. The van der Waals surface area contributed by atoms with Crippen LogP contribution in [0, 0.1) is 0 Å². The first-order valence-corrected chi connectivity index (χ1v) is 8.53. The Morgan fingerprint density at radius 2 is 1.74 bits per heavy atom. The molecule has 0 radical (unpaired) electrons. The molecule has 23 heavy (non-hydrogen) atoms. The average Bonchev–Trinajstić information content (AvgIpc) is 2.45. The fourth-order valence-corrected chi connectivity index (χ4v) is 2.41. The third-order valence-corrected chi connectivity index (χ3v) is 3.70. The molecule has 2 atom stereocenters. The predicted molar refractivity (Wildman–Crippen MR) is 85.5 cm³/mol. The zero-order valence-electron chi connectivity index (χ0n) is 13.4. The number of hydrogen-bond acceptors (Lipinski definition) is 5. The largest absolute Gasteiger partial charge is 0.449 e. The van der Waals surface area contributed by atoms with E-state index in [0.29, 0.717) is 4.90 Å². The summed E-state index contributed by atoms with van der Waals surface area (Å²) in [7, 11) is -1.37. The summed E-state index contributed by atoms with van der Waals surface area (Å²) in [5.41, 5.74) is 0.125. The van der Waals surface area contributed by atoms with Gasteiger partial charge >= 0.3 is 12.0 Å². The van der Waals surface area contributed by atoms with E-state index in [-0.39, 0.29) is 11.6 Å². The normalized spacial score (nSPS) is 13.1. The first-order valence-electron chi connectivity index (χ1n) is 6.97. The first kappa shape index (κ1) is 18.8. The number of imide groups is 1. The van der Waals surface area contributed by atoms with Crippen LogP contribution in [-0.4, -0.2) is 40.5 Å². The van der Waals surface area contributed by atoms with Crippen molar-refractivity contribution in [2.75, 3.05) is 6.26 Å². The lowest BCUT2D eigenvalue weighted by Gasteiger charge is -2.15. The number of esters is 1. The number of carbonyl (C=O) groups excluding carboxylic acids is 3. The summed E-state index contributed by atoms with van der Waals surface area (Å²) in [5, 5.41) is 4.57. The summed E-state index contributed by atoms with van der Waals surface area (Å²) in [4.78, 5) is 35.7. The van der Waals surface area contributed by atoms with Crippen LogP contribution in [0.5, 0.6) is 0 Å². The molecule has 0 heterocycles. The van der Waals surface area contributed by atoms with Crippen LogP contribution < -0.4 is 10.6 Å². The summed E-state index contributed by atoms with van der Waals surface area (Å²) in [6, 6.07) is 5.48. The minimum atomic E-state index is -1.37. The molecule has 1 aromatic rings. The summed E-state index contributed by atoms with van der Waals surface area (Å²) >= 11 is 0. The molecule has 0 unspecified atom stereocenters. The van der Waals surface area contributed by atoms with Crippen LogP contribution in [0.4, 0.5) is 4.79 Å². The Labute approximate surface area is 137 Å². The van der Waals surface area contributed by atoms with Gasteiger partial charge in [0.2, 0.25) is 0 Å². The van der Waals surface area contributed by atoms with Crippen molar-refractivity contribution < 1.29 is 23.3 Å². The number of benzene rings is 1. The minimum Gasteiger partial charge on any atom is -0.449 e. The van der Waals surface area contributed by atoms with Crippen LogP contribution in [-0.2, 0) is 20.3 Å². The molecule has 8 heteroatoms. The van der Waals surface area contributed by atoms with Gasteiger partial charge in [0.05, 0.1) is 21.3 Å². The van der Waals surface area contributed by atoms with Crippen LogP contribution >= 0.6 is 0 Å². The third kappa shape index (κ3) is 5.82. The van der Waals surface area contributed by atoms with E-state index in [9.17, 15) is 18.6 Å². The highest BCUT2D eigenvalue weighted by Crippen LogP contribution is 2.14. The molecule has 0 saturated heterocycles. The lowest BCUT2D eigenvalue weighted by Crippen LogP contribution is -2.46. The SMILES string of the molecule is CC(C)NC(=O)NC(=O)[C@@H](C)OC(=O)c1ccccc1[S@](C)=O. The highest BCUT2D eigenvalue weighted by atomic mass is 32.2. The number of ether oxygens (including phenoxy) is 1. The number of carbonyl (C=O) groups is 3. The van der Waals surface area contributed by atoms with Crippen LogP contribution in [0.15, 0.2) is 29.2 Å². The quantitative estimate of drug-likeness (QED) is 0.784. The molecule has 0 bridgehead atoms. The van der Waals surface area contributed by atoms with E-state index < -0.39 is 34.8 Å². The zero-order valence-corrected chi connectivity index (χ0v) is 14.2. The van der Waals surface area contributed by atoms with E-state index in [0.717, 1.165) is 0 Å². The number of urea groups is 1. The molecule has 0 aliphatic heterocycles. The molecule has 0 spiro atoms. The van der Waals surface area contributed by atoms with Gasteiger partial charge < -0.3 is 10.1 Å². The lowest BCUT2D eigenvalue weighted by atomic mass is 10.2. The molecule has 1 rings (SSSR count). The van der Waals surface area contributed by atoms with Gasteiger partial charge in [0.25, 0.3) is 5.91 Å². The highest BCUT2D eigenvalue weighted by molar-refractivity contribution is 7.84. The number of nitrogens with one attached hydrogen (secondary N) is 2. The van der Waals surface area contributed by atoms with E-state index in [2.05, 4.69) is 10.6 Å². The zero-order chi connectivity index (χ0) is 17.6. The molecule has 7 nitrogen and oxygen atoms in total. The molecule has 0 fully saturated rings. The van der Waals surface area contributed by atoms with Crippen molar-refractivity contribution in [1.29, 1.82) is 0 Å². The van der Waals surface area contributed by atoms with E-state index in [4.69, 9.17) is 4.74 Å². The van der Waals surface area contributed by atoms with Crippen molar-refractivity contribution in [3.05, 3.63) is 29.8 Å². The lowest BCUT2D eigenvalue weighted by molar-refractivity contribution is -0.127. The molecule has 0 saturated carbocycles.